The van der Waals surface area contributed by atoms with Gasteiger partial charge in [-0.05, 0) is 32.6 Å². The highest BCUT2D eigenvalue weighted by atomic mass is 32.2. The number of hydrogen-bond donors (Lipinski definition) is 0. The predicted molar refractivity (Wildman–Crippen MR) is 96.2 cm³/mol. The van der Waals surface area contributed by atoms with Crippen molar-refractivity contribution in [3.63, 3.8) is 0 Å². The summed E-state index contributed by atoms with van der Waals surface area (Å²) >= 11 is 0. The van der Waals surface area contributed by atoms with Gasteiger partial charge in [-0.2, -0.15) is 4.31 Å². The minimum Gasteiger partial charge on any atom is -0.360 e. The standard InChI is InChI=1S/C17H28N4O4S/c1-13-5-4-6-20(11-13)16(22)12-19-7-9-21(10-8-19)26(23,24)17-14(2)18-25-15(17)3/h13H,4-12H2,1-3H3. The van der Waals surface area contributed by atoms with Crippen LogP contribution >= 0.6 is 0 Å². The van der Waals surface area contributed by atoms with Crippen molar-refractivity contribution in [3.05, 3.63) is 11.5 Å². The molecule has 2 fully saturated rings. The van der Waals surface area contributed by atoms with Crippen molar-refractivity contribution in [3.8, 4) is 0 Å². The molecule has 2 saturated heterocycles. The Kier molecular flexibility index (Phi) is 5.69. The van der Waals surface area contributed by atoms with Crippen molar-refractivity contribution < 1.29 is 17.7 Å². The fourth-order valence-corrected chi connectivity index (χ4v) is 5.52. The number of piperidine rings is 1. The lowest BCUT2D eigenvalue weighted by Gasteiger charge is -2.36. The van der Waals surface area contributed by atoms with Gasteiger partial charge in [-0.25, -0.2) is 8.42 Å². The molecular weight excluding hydrogens is 356 g/mol. The van der Waals surface area contributed by atoms with Crippen LogP contribution in [0.3, 0.4) is 0 Å². The van der Waals surface area contributed by atoms with Crippen LogP contribution in [0.15, 0.2) is 9.42 Å². The number of carbonyl (C=O) groups is 1. The number of piperazine rings is 1. The van der Waals surface area contributed by atoms with Gasteiger partial charge in [0.2, 0.25) is 15.9 Å². The highest BCUT2D eigenvalue weighted by Gasteiger charge is 2.34. The maximum Gasteiger partial charge on any atom is 0.248 e. The molecule has 0 aromatic carbocycles. The number of aryl methyl sites for hydroxylation is 2. The Morgan fingerprint density at radius 3 is 2.46 bits per heavy atom. The third-order valence-corrected chi connectivity index (χ3v) is 7.41. The van der Waals surface area contributed by atoms with Gasteiger partial charge in [0, 0.05) is 39.3 Å². The number of amides is 1. The van der Waals surface area contributed by atoms with Gasteiger partial charge in [0.25, 0.3) is 0 Å². The summed E-state index contributed by atoms with van der Waals surface area (Å²) in [6, 6.07) is 0. The molecule has 3 rings (SSSR count). The molecule has 2 aliphatic rings. The van der Waals surface area contributed by atoms with Crippen LogP contribution in [0, 0.1) is 19.8 Å². The number of aromatic nitrogens is 1. The Labute approximate surface area is 155 Å². The molecular formula is C17H28N4O4S. The zero-order valence-electron chi connectivity index (χ0n) is 15.8. The molecule has 1 aromatic heterocycles. The molecule has 26 heavy (non-hydrogen) atoms. The Hall–Kier alpha value is -1.45. The number of rotatable bonds is 4. The molecule has 9 heteroatoms. The Balaban J connectivity index is 1.57. The zero-order chi connectivity index (χ0) is 18.9. The summed E-state index contributed by atoms with van der Waals surface area (Å²) in [5.41, 5.74) is 0.388. The molecule has 1 aromatic rings. The van der Waals surface area contributed by atoms with Crippen molar-refractivity contribution in [2.24, 2.45) is 5.92 Å². The van der Waals surface area contributed by atoms with Crippen LogP contribution in [0.25, 0.3) is 0 Å². The monoisotopic (exact) mass is 384 g/mol. The third-order valence-electron chi connectivity index (χ3n) is 5.27. The van der Waals surface area contributed by atoms with Crippen molar-refractivity contribution in [1.82, 2.24) is 19.3 Å². The van der Waals surface area contributed by atoms with Crippen LogP contribution in [-0.2, 0) is 14.8 Å². The lowest BCUT2D eigenvalue weighted by atomic mass is 10.0. The molecule has 0 saturated carbocycles. The first-order valence-electron chi connectivity index (χ1n) is 9.22. The quantitative estimate of drug-likeness (QED) is 0.765. The van der Waals surface area contributed by atoms with E-state index in [0.29, 0.717) is 50.1 Å². The smallest absolute Gasteiger partial charge is 0.248 e. The maximum absolute atomic E-state index is 12.8. The highest BCUT2D eigenvalue weighted by molar-refractivity contribution is 7.89. The molecule has 1 amide bonds. The Morgan fingerprint density at radius 2 is 1.88 bits per heavy atom. The fourth-order valence-electron chi connectivity index (χ4n) is 3.81. The van der Waals surface area contributed by atoms with Crippen LogP contribution in [0.5, 0.6) is 0 Å². The molecule has 0 radical (unpaired) electrons. The van der Waals surface area contributed by atoms with Gasteiger partial charge in [-0.15, -0.1) is 0 Å². The van der Waals surface area contributed by atoms with Gasteiger partial charge in [-0.3, -0.25) is 9.69 Å². The Bertz CT molecular complexity index is 733. The Morgan fingerprint density at radius 1 is 1.19 bits per heavy atom. The molecule has 0 spiro atoms. The van der Waals surface area contributed by atoms with Crippen LogP contribution < -0.4 is 0 Å². The number of nitrogens with zero attached hydrogens (tertiary/aromatic N) is 4. The summed E-state index contributed by atoms with van der Waals surface area (Å²) in [6.45, 7) is 9.31. The molecule has 146 valence electrons. The average molecular weight is 385 g/mol. The molecule has 8 nitrogen and oxygen atoms in total. The van der Waals surface area contributed by atoms with Crippen LogP contribution in [0.4, 0.5) is 0 Å². The first-order chi connectivity index (χ1) is 12.3. The summed E-state index contributed by atoms with van der Waals surface area (Å²) in [4.78, 5) is 16.7. The molecule has 3 heterocycles. The van der Waals surface area contributed by atoms with Gasteiger partial charge >= 0.3 is 0 Å². The summed E-state index contributed by atoms with van der Waals surface area (Å²) in [6.07, 6.45) is 2.25. The average Bonchev–Trinajstić information content (AvgIpc) is 2.94. The topological polar surface area (TPSA) is 87.0 Å². The number of likely N-dealkylation sites (tertiary alicyclic amines) is 1. The van der Waals surface area contributed by atoms with Crippen molar-refractivity contribution >= 4 is 15.9 Å². The van der Waals surface area contributed by atoms with Crippen molar-refractivity contribution in [2.45, 2.75) is 38.5 Å². The van der Waals surface area contributed by atoms with E-state index in [4.69, 9.17) is 4.52 Å². The summed E-state index contributed by atoms with van der Waals surface area (Å²) < 4.78 is 32.1. The molecule has 0 N–H and O–H groups in total. The molecule has 1 unspecified atom stereocenters. The normalized spacial score (nSPS) is 23.3. The van der Waals surface area contributed by atoms with E-state index in [1.807, 2.05) is 9.80 Å². The highest BCUT2D eigenvalue weighted by Crippen LogP contribution is 2.24. The zero-order valence-corrected chi connectivity index (χ0v) is 16.6. The van der Waals surface area contributed by atoms with Gasteiger partial charge < -0.3 is 9.42 Å². The van der Waals surface area contributed by atoms with E-state index < -0.39 is 10.0 Å². The summed E-state index contributed by atoms with van der Waals surface area (Å²) in [5, 5.41) is 3.75. The lowest BCUT2D eigenvalue weighted by Crippen LogP contribution is -2.52. The lowest BCUT2D eigenvalue weighted by molar-refractivity contribution is -0.134. The van der Waals surface area contributed by atoms with Gasteiger partial charge in [0.05, 0.1) is 6.54 Å². The first-order valence-corrected chi connectivity index (χ1v) is 10.7. The minimum absolute atomic E-state index is 0.151. The predicted octanol–water partition coefficient (Wildman–Crippen LogP) is 0.856. The number of hydrogen-bond acceptors (Lipinski definition) is 6. The summed E-state index contributed by atoms with van der Waals surface area (Å²) in [5.74, 6) is 1.03. The van der Waals surface area contributed by atoms with E-state index >= 15 is 0 Å². The number of sulfonamides is 1. The van der Waals surface area contributed by atoms with Gasteiger partial charge in [-0.1, -0.05) is 12.1 Å². The second-order valence-corrected chi connectivity index (χ2v) is 9.30. The molecule has 2 aliphatic heterocycles. The van der Waals surface area contributed by atoms with E-state index in [1.54, 1.807) is 13.8 Å². The molecule has 0 aliphatic carbocycles. The fraction of sp³-hybridized carbons (Fsp3) is 0.765. The maximum atomic E-state index is 12.8. The molecule has 1 atom stereocenters. The largest absolute Gasteiger partial charge is 0.360 e. The number of carbonyl (C=O) groups excluding carboxylic acids is 1. The van der Waals surface area contributed by atoms with Crippen LogP contribution in [0.2, 0.25) is 0 Å². The summed E-state index contributed by atoms with van der Waals surface area (Å²) in [7, 11) is -3.60. The van der Waals surface area contributed by atoms with E-state index in [0.717, 1.165) is 19.5 Å². The van der Waals surface area contributed by atoms with Crippen molar-refractivity contribution in [2.75, 3.05) is 45.8 Å². The van der Waals surface area contributed by atoms with Crippen molar-refractivity contribution in [1.29, 1.82) is 0 Å². The van der Waals surface area contributed by atoms with Gasteiger partial charge in [0.1, 0.15) is 10.6 Å². The molecule has 0 bridgehead atoms. The van der Waals surface area contributed by atoms with E-state index in [1.165, 1.54) is 10.7 Å². The SMILES string of the molecule is Cc1noc(C)c1S(=O)(=O)N1CCN(CC(=O)N2CCCC(C)C2)CC1. The van der Waals surface area contributed by atoms with Crippen LogP contribution in [0.1, 0.15) is 31.2 Å². The second kappa shape index (κ2) is 7.66. The van der Waals surface area contributed by atoms with E-state index in [2.05, 4.69) is 12.1 Å². The van der Waals surface area contributed by atoms with E-state index in [9.17, 15) is 13.2 Å². The first kappa shape index (κ1) is 19.3. The minimum atomic E-state index is -3.60. The van der Waals surface area contributed by atoms with E-state index in [-0.39, 0.29) is 10.8 Å². The third kappa shape index (κ3) is 3.94. The van der Waals surface area contributed by atoms with Gasteiger partial charge in [0.15, 0.2) is 5.76 Å². The second-order valence-electron chi connectivity index (χ2n) is 7.42. The van der Waals surface area contributed by atoms with Crippen LogP contribution in [-0.4, -0.2) is 79.4 Å².